The number of hydrogen-bond donors (Lipinski definition) is 1. The van der Waals surface area contributed by atoms with Gasteiger partial charge in [0.25, 0.3) is 0 Å². The second-order valence-electron chi connectivity index (χ2n) is 6.96. The number of pyridine rings is 1. The lowest BCUT2D eigenvalue weighted by Crippen LogP contribution is -2.23. The van der Waals surface area contributed by atoms with E-state index in [1.54, 1.807) is 0 Å². The highest BCUT2D eigenvalue weighted by molar-refractivity contribution is 5.84. The minimum absolute atomic E-state index is 0.553. The molecule has 1 aromatic carbocycles. The van der Waals surface area contributed by atoms with E-state index in [1.807, 2.05) is 12.1 Å². The fourth-order valence-electron chi connectivity index (χ4n) is 3.72. The van der Waals surface area contributed by atoms with Crippen LogP contribution < -0.4 is 5.32 Å². The van der Waals surface area contributed by atoms with Crippen molar-refractivity contribution in [3.05, 3.63) is 66.0 Å². The molecule has 3 heteroatoms. The first-order valence-electron chi connectivity index (χ1n) is 9.28. The fourth-order valence-corrected chi connectivity index (χ4v) is 3.72. The molecule has 1 fully saturated rings. The fraction of sp³-hybridized carbons (Fsp3) is 0.318. The van der Waals surface area contributed by atoms with Crippen molar-refractivity contribution in [2.75, 3.05) is 5.32 Å². The summed E-state index contributed by atoms with van der Waals surface area (Å²) in [7, 11) is 0. The number of fused-ring (bicyclic) bond motifs is 1. The lowest BCUT2D eigenvalue weighted by Gasteiger charge is -2.24. The van der Waals surface area contributed by atoms with Gasteiger partial charge in [-0.15, -0.1) is 0 Å². The maximum atomic E-state index is 4.91. The second-order valence-corrected chi connectivity index (χ2v) is 6.96. The van der Waals surface area contributed by atoms with Gasteiger partial charge in [-0.05, 0) is 49.1 Å². The highest BCUT2D eigenvalue weighted by Gasteiger charge is 2.19. The van der Waals surface area contributed by atoms with Crippen molar-refractivity contribution in [3.8, 4) is 0 Å². The maximum Gasteiger partial charge on any atom is 0.139 e. The molecule has 1 aliphatic rings. The van der Waals surface area contributed by atoms with Gasteiger partial charge in [0, 0.05) is 12.2 Å². The van der Waals surface area contributed by atoms with Crippen LogP contribution in [-0.2, 0) is 0 Å². The van der Waals surface area contributed by atoms with Crippen LogP contribution in [0.5, 0.6) is 0 Å². The molecule has 2 heterocycles. The number of rotatable bonds is 4. The quantitative estimate of drug-likeness (QED) is 0.670. The molecule has 0 aliphatic heterocycles. The van der Waals surface area contributed by atoms with Crippen molar-refractivity contribution < 1.29 is 0 Å². The number of aromatic nitrogens is 2. The van der Waals surface area contributed by atoms with Crippen molar-refractivity contribution >= 4 is 23.1 Å². The van der Waals surface area contributed by atoms with E-state index in [0.717, 1.165) is 17.2 Å². The lowest BCUT2D eigenvalue weighted by molar-refractivity contribution is 0.461. The predicted octanol–water partition coefficient (Wildman–Crippen LogP) is 5.64. The van der Waals surface area contributed by atoms with Crippen LogP contribution >= 0.6 is 0 Å². The van der Waals surface area contributed by atoms with Gasteiger partial charge in [-0.2, -0.15) is 0 Å². The number of benzene rings is 1. The topological polar surface area (TPSA) is 29.3 Å². The molecule has 1 saturated carbocycles. The third kappa shape index (κ3) is 3.46. The normalized spacial score (nSPS) is 16.3. The van der Waals surface area contributed by atoms with Gasteiger partial charge in [0.05, 0.1) is 0 Å². The molecule has 25 heavy (non-hydrogen) atoms. The second kappa shape index (κ2) is 7.14. The molecule has 3 nitrogen and oxygen atoms in total. The highest BCUT2D eigenvalue weighted by atomic mass is 15.1. The van der Waals surface area contributed by atoms with Crippen LogP contribution in [0.4, 0.5) is 5.82 Å². The number of imidazole rings is 1. The Morgan fingerprint density at radius 2 is 1.80 bits per heavy atom. The summed E-state index contributed by atoms with van der Waals surface area (Å²) in [4.78, 5) is 4.91. The molecule has 0 amide bonds. The summed E-state index contributed by atoms with van der Waals surface area (Å²) in [5.41, 5.74) is 4.45. The molecular formula is C22H25N3. The van der Waals surface area contributed by atoms with Gasteiger partial charge in [0.1, 0.15) is 17.2 Å². The monoisotopic (exact) mass is 331 g/mol. The molecule has 2 aromatic heterocycles. The molecule has 0 unspecified atom stereocenters. The average molecular weight is 331 g/mol. The van der Waals surface area contributed by atoms with E-state index < -0.39 is 0 Å². The third-order valence-corrected chi connectivity index (χ3v) is 5.03. The summed E-state index contributed by atoms with van der Waals surface area (Å²) in [6, 6.07) is 17.2. The minimum Gasteiger partial charge on any atom is -0.367 e. The van der Waals surface area contributed by atoms with Crippen LogP contribution in [0.25, 0.3) is 17.3 Å². The first-order valence-corrected chi connectivity index (χ1v) is 9.28. The Morgan fingerprint density at radius 1 is 1.04 bits per heavy atom. The van der Waals surface area contributed by atoms with Gasteiger partial charge >= 0.3 is 0 Å². The molecule has 0 atom stereocenters. The minimum atomic E-state index is 0.553. The Morgan fingerprint density at radius 3 is 2.60 bits per heavy atom. The zero-order chi connectivity index (χ0) is 17.1. The molecule has 1 aliphatic carbocycles. The van der Waals surface area contributed by atoms with Crippen molar-refractivity contribution in [3.63, 3.8) is 0 Å². The lowest BCUT2D eigenvalue weighted by atomic mass is 9.95. The van der Waals surface area contributed by atoms with Crippen LogP contribution in [0.3, 0.4) is 0 Å². The van der Waals surface area contributed by atoms with Crippen molar-refractivity contribution in [2.45, 2.75) is 45.1 Å². The molecule has 0 bridgehead atoms. The smallest absolute Gasteiger partial charge is 0.139 e. The standard InChI is InChI=1S/C22H25N3/c1-17(16-18-10-4-2-5-11-18)21-22(23-19-12-6-3-7-13-19)25-15-9-8-14-20(25)24-21/h2,4-5,8-11,14-16,19,23H,3,6-7,12-13H2,1H3. The van der Waals surface area contributed by atoms with Gasteiger partial charge in [-0.3, -0.25) is 4.40 Å². The SMILES string of the molecule is CC(=Cc1ccccc1)c1nc2ccccn2c1NC1CCCCC1. The third-order valence-electron chi connectivity index (χ3n) is 5.03. The molecule has 0 radical (unpaired) electrons. The molecular weight excluding hydrogens is 306 g/mol. The van der Waals surface area contributed by atoms with E-state index in [0.29, 0.717) is 6.04 Å². The zero-order valence-electron chi connectivity index (χ0n) is 14.8. The number of anilines is 1. The summed E-state index contributed by atoms with van der Waals surface area (Å²) < 4.78 is 2.19. The van der Waals surface area contributed by atoms with E-state index >= 15 is 0 Å². The molecule has 3 aromatic rings. The van der Waals surface area contributed by atoms with Crippen LogP contribution in [0.2, 0.25) is 0 Å². The van der Waals surface area contributed by atoms with E-state index in [1.165, 1.54) is 43.2 Å². The van der Waals surface area contributed by atoms with Crippen LogP contribution in [0.15, 0.2) is 54.7 Å². The molecule has 1 N–H and O–H groups in total. The van der Waals surface area contributed by atoms with Crippen LogP contribution in [0.1, 0.15) is 50.3 Å². The van der Waals surface area contributed by atoms with E-state index in [4.69, 9.17) is 4.98 Å². The Hall–Kier alpha value is -2.55. The first-order chi connectivity index (χ1) is 12.3. The Bertz CT molecular complexity index is 871. The van der Waals surface area contributed by atoms with Crippen LogP contribution in [0, 0.1) is 0 Å². The van der Waals surface area contributed by atoms with Gasteiger partial charge in [0.15, 0.2) is 0 Å². The molecule has 0 saturated heterocycles. The van der Waals surface area contributed by atoms with E-state index in [2.05, 4.69) is 65.3 Å². The summed E-state index contributed by atoms with van der Waals surface area (Å²) in [6.45, 7) is 2.15. The number of nitrogens with one attached hydrogen (secondary N) is 1. The summed E-state index contributed by atoms with van der Waals surface area (Å²) in [5.74, 6) is 1.13. The van der Waals surface area contributed by atoms with Crippen LogP contribution in [-0.4, -0.2) is 15.4 Å². The zero-order valence-corrected chi connectivity index (χ0v) is 14.8. The predicted molar refractivity (Wildman–Crippen MR) is 106 cm³/mol. The largest absolute Gasteiger partial charge is 0.367 e. The van der Waals surface area contributed by atoms with Gasteiger partial charge < -0.3 is 5.32 Å². The van der Waals surface area contributed by atoms with Crippen molar-refractivity contribution in [1.82, 2.24) is 9.38 Å². The number of hydrogen-bond acceptors (Lipinski definition) is 2. The van der Waals surface area contributed by atoms with E-state index in [9.17, 15) is 0 Å². The Labute approximate surface area is 149 Å². The number of allylic oxidation sites excluding steroid dienone is 1. The molecule has 4 rings (SSSR count). The summed E-state index contributed by atoms with van der Waals surface area (Å²) >= 11 is 0. The average Bonchev–Trinajstić information content (AvgIpc) is 3.02. The van der Waals surface area contributed by atoms with Crippen molar-refractivity contribution in [1.29, 1.82) is 0 Å². The van der Waals surface area contributed by atoms with Gasteiger partial charge in [-0.1, -0.05) is 55.7 Å². The Balaban J connectivity index is 1.74. The molecule has 128 valence electrons. The van der Waals surface area contributed by atoms with Gasteiger partial charge in [-0.25, -0.2) is 4.98 Å². The molecule has 0 spiro atoms. The highest BCUT2D eigenvalue weighted by Crippen LogP contribution is 2.29. The van der Waals surface area contributed by atoms with Gasteiger partial charge in [0.2, 0.25) is 0 Å². The maximum absolute atomic E-state index is 4.91. The summed E-state index contributed by atoms with van der Waals surface area (Å²) in [5, 5.41) is 3.80. The summed E-state index contributed by atoms with van der Waals surface area (Å²) in [6.07, 6.45) is 10.8. The first kappa shape index (κ1) is 15.9. The number of nitrogens with zero attached hydrogens (tertiary/aromatic N) is 2. The Kier molecular flexibility index (Phi) is 4.55. The van der Waals surface area contributed by atoms with Crippen molar-refractivity contribution in [2.24, 2.45) is 0 Å². The van der Waals surface area contributed by atoms with E-state index in [-0.39, 0.29) is 0 Å².